The lowest BCUT2D eigenvalue weighted by atomic mass is 9.96. The molecule has 1 amide bonds. The fraction of sp³-hybridized carbons (Fsp3) is 0.500. The molecule has 0 bridgehead atoms. The van der Waals surface area contributed by atoms with Crippen LogP contribution in [0.2, 0.25) is 0 Å². The summed E-state index contributed by atoms with van der Waals surface area (Å²) in [4.78, 5) is 24.0. The number of alkyl halides is 3. The maximum atomic E-state index is 12.9. The summed E-state index contributed by atoms with van der Waals surface area (Å²) >= 11 is 0. The molecule has 0 radical (unpaired) electrons. The zero-order chi connectivity index (χ0) is 17.7. The predicted molar refractivity (Wildman–Crippen MR) is 78.4 cm³/mol. The highest BCUT2D eigenvalue weighted by Gasteiger charge is 2.53. The van der Waals surface area contributed by atoms with Crippen LogP contribution in [-0.4, -0.2) is 47.8 Å². The van der Waals surface area contributed by atoms with Crippen LogP contribution in [0.25, 0.3) is 0 Å². The molecule has 1 N–H and O–H groups in total. The maximum Gasteiger partial charge on any atom is 0.394 e. The number of carboxylic acid groups (broad SMARTS) is 1. The quantitative estimate of drug-likeness (QED) is 0.805. The number of benzene rings is 1. The number of aliphatic carboxylic acids is 1. The summed E-state index contributed by atoms with van der Waals surface area (Å²) in [6.07, 6.45) is -4.27. The molecule has 132 valence electrons. The highest BCUT2D eigenvalue weighted by molar-refractivity contribution is 5.79. The van der Waals surface area contributed by atoms with E-state index in [-0.39, 0.29) is 13.0 Å². The normalized spacial score (nSPS) is 20.9. The van der Waals surface area contributed by atoms with E-state index in [0.29, 0.717) is 12.2 Å². The second-order valence-electron chi connectivity index (χ2n) is 5.66. The summed E-state index contributed by atoms with van der Waals surface area (Å²) in [5.41, 5.74) is 0. The lowest BCUT2D eigenvalue weighted by Gasteiger charge is -2.18. The number of carbonyl (C=O) groups excluding carboxylic acids is 1. The summed E-state index contributed by atoms with van der Waals surface area (Å²) in [6, 6.07) is 8.95. The molecule has 24 heavy (non-hydrogen) atoms. The Morgan fingerprint density at radius 3 is 2.42 bits per heavy atom. The van der Waals surface area contributed by atoms with Gasteiger partial charge in [0.25, 0.3) is 0 Å². The van der Waals surface area contributed by atoms with Crippen LogP contribution in [0, 0.1) is 11.8 Å². The average molecular weight is 345 g/mol. The third kappa shape index (κ3) is 4.62. The first kappa shape index (κ1) is 18.1. The fourth-order valence-electron chi connectivity index (χ4n) is 2.68. The minimum atomic E-state index is -4.63. The molecule has 5 nitrogen and oxygen atoms in total. The van der Waals surface area contributed by atoms with Gasteiger partial charge in [-0.05, 0) is 18.6 Å². The fourth-order valence-corrected chi connectivity index (χ4v) is 2.68. The van der Waals surface area contributed by atoms with Crippen molar-refractivity contribution in [2.24, 2.45) is 11.8 Å². The van der Waals surface area contributed by atoms with Crippen LogP contribution in [0.4, 0.5) is 13.2 Å². The van der Waals surface area contributed by atoms with E-state index in [2.05, 4.69) is 0 Å². The third-order valence-corrected chi connectivity index (χ3v) is 3.96. The average Bonchev–Trinajstić information content (AvgIpc) is 2.98. The van der Waals surface area contributed by atoms with Crippen molar-refractivity contribution in [3.05, 3.63) is 30.3 Å². The molecular weight excluding hydrogens is 327 g/mol. The van der Waals surface area contributed by atoms with Gasteiger partial charge in [0.05, 0.1) is 18.4 Å². The highest BCUT2D eigenvalue weighted by atomic mass is 19.4. The predicted octanol–water partition coefficient (Wildman–Crippen LogP) is 2.57. The number of ether oxygens (including phenoxy) is 1. The number of carboxylic acids is 1. The molecule has 8 heteroatoms. The number of halogens is 3. The van der Waals surface area contributed by atoms with Gasteiger partial charge in [0.15, 0.2) is 0 Å². The summed E-state index contributed by atoms with van der Waals surface area (Å²) in [5, 5.41) is 8.93. The monoisotopic (exact) mass is 345 g/mol. The smallest absolute Gasteiger partial charge is 0.394 e. The molecule has 1 fully saturated rings. The van der Waals surface area contributed by atoms with Crippen molar-refractivity contribution in [1.29, 1.82) is 0 Å². The third-order valence-electron chi connectivity index (χ3n) is 3.96. The molecule has 1 aliphatic heterocycles. The number of rotatable bonds is 6. The minimum Gasteiger partial charge on any atom is -0.494 e. The number of nitrogens with zero attached hydrogens (tertiary/aromatic N) is 1. The molecule has 0 unspecified atom stereocenters. The lowest BCUT2D eigenvalue weighted by molar-refractivity contribution is -0.188. The van der Waals surface area contributed by atoms with Crippen LogP contribution in [-0.2, 0) is 9.59 Å². The molecule has 0 spiro atoms. The topological polar surface area (TPSA) is 66.8 Å². The largest absolute Gasteiger partial charge is 0.494 e. The Labute approximate surface area is 137 Å². The van der Waals surface area contributed by atoms with Crippen molar-refractivity contribution in [2.45, 2.75) is 19.0 Å². The van der Waals surface area contributed by atoms with E-state index in [1.54, 1.807) is 24.3 Å². The van der Waals surface area contributed by atoms with Gasteiger partial charge in [0, 0.05) is 19.5 Å². The molecule has 1 saturated heterocycles. The van der Waals surface area contributed by atoms with Crippen molar-refractivity contribution in [3.63, 3.8) is 0 Å². The van der Waals surface area contributed by atoms with Gasteiger partial charge in [-0.15, -0.1) is 0 Å². The van der Waals surface area contributed by atoms with Gasteiger partial charge in [-0.2, -0.15) is 13.2 Å². The van der Waals surface area contributed by atoms with Gasteiger partial charge in [0.2, 0.25) is 5.91 Å². The Bertz CT molecular complexity index is 576. The number of hydrogen-bond acceptors (Lipinski definition) is 3. The number of carbonyl (C=O) groups is 2. The molecule has 1 aromatic carbocycles. The Morgan fingerprint density at radius 1 is 1.21 bits per heavy atom. The lowest BCUT2D eigenvalue weighted by Crippen LogP contribution is -2.34. The van der Waals surface area contributed by atoms with Gasteiger partial charge >= 0.3 is 12.1 Å². The van der Waals surface area contributed by atoms with Crippen molar-refractivity contribution in [2.75, 3.05) is 19.7 Å². The zero-order valence-corrected chi connectivity index (χ0v) is 12.8. The van der Waals surface area contributed by atoms with Crippen molar-refractivity contribution in [1.82, 2.24) is 4.90 Å². The summed E-state index contributed by atoms with van der Waals surface area (Å²) in [5.74, 6) is -4.98. The summed E-state index contributed by atoms with van der Waals surface area (Å²) in [7, 11) is 0. The standard InChI is InChI=1S/C16H18F3NO4/c17-16(18,19)13-10-20(9-12(13)15(22)23)14(21)7-4-8-24-11-5-2-1-3-6-11/h1-3,5-6,12-13H,4,7-10H2,(H,22,23)/t12-,13-/m1/s1. The Morgan fingerprint density at radius 2 is 1.88 bits per heavy atom. The molecule has 1 heterocycles. The van der Waals surface area contributed by atoms with E-state index >= 15 is 0 Å². The van der Waals surface area contributed by atoms with Crippen LogP contribution < -0.4 is 4.74 Å². The van der Waals surface area contributed by atoms with E-state index < -0.39 is 43.0 Å². The van der Waals surface area contributed by atoms with Crippen LogP contribution in [0.3, 0.4) is 0 Å². The first-order chi connectivity index (χ1) is 11.3. The van der Waals surface area contributed by atoms with Crippen molar-refractivity contribution < 1.29 is 32.6 Å². The highest BCUT2D eigenvalue weighted by Crippen LogP contribution is 2.37. The zero-order valence-electron chi connectivity index (χ0n) is 12.8. The first-order valence-corrected chi connectivity index (χ1v) is 7.54. The van der Waals surface area contributed by atoms with Crippen LogP contribution in [0.15, 0.2) is 30.3 Å². The van der Waals surface area contributed by atoms with Crippen LogP contribution in [0.5, 0.6) is 5.75 Å². The Balaban J connectivity index is 1.81. The summed E-state index contributed by atoms with van der Waals surface area (Å²) < 4.78 is 44.1. The molecule has 2 rings (SSSR count). The number of hydrogen-bond donors (Lipinski definition) is 1. The van der Waals surface area contributed by atoms with E-state index in [1.807, 2.05) is 6.07 Å². The molecule has 1 aliphatic rings. The molecule has 1 aromatic rings. The SMILES string of the molecule is O=C(O)[C@@H]1CN(C(=O)CCCOc2ccccc2)C[C@H]1C(F)(F)F. The minimum absolute atomic E-state index is 0.0176. The molecule has 2 atom stereocenters. The molecule has 0 saturated carbocycles. The number of para-hydroxylation sites is 1. The van der Waals surface area contributed by atoms with Crippen LogP contribution >= 0.6 is 0 Å². The van der Waals surface area contributed by atoms with Gasteiger partial charge in [0.1, 0.15) is 5.75 Å². The van der Waals surface area contributed by atoms with E-state index in [9.17, 15) is 22.8 Å². The molecular formula is C16H18F3NO4. The number of amides is 1. The maximum absolute atomic E-state index is 12.9. The van der Waals surface area contributed by atoms with Gasteiger partial charge < -0.3 is 14.7 Å². The van der Waals surface area contributed by atoms with E-state index in [1.165, 1.54) is 0 Å². The molecule has 0 aromatic heterocycles. The molecule has 0 aliphatic carbocycles. The Kier molecular flexibility index (Phi) is 5.69. The van der Waals surface area contributed by atoms with Gasteiger partial charge in [-0.1, -0.05) is 18.2 Å². The van der Waals surface area contributed by atoms with E-state index in [0.717, 1.165) is 4.90 Å². The van der Waals surface area contributed by atoms with E-state index in [4.69, 9.17) is 9.84 Å². The van der Waals surface area contributed by atoms with Gasteiger partial charge in [-0.3, -0.25) is 9.59 Å². The van der Waals surface area contributed by atoms with Crippen molar-refractivity contribution >= 4 is 11.9 Å². The van der Waals surface area contributed by atoms with Gasteiger partial charge in [-0.25, -0.2) is 0 Å². The van der Waals surface area contributed by atoms with Crippen LogP contribution in [0.1, 0.15) is 12.8 Å². The number of likely N-dealkylation sites (tertiary alicyclic amines) is 1. The Hall–Kier alpha value is -2.25. The second-order valence-corrected chi connectivity index (χ2v) is 5.66. The first-order valence-electron chi connectivity index (χ1n) is 7.54. The summed E-state index contributed by atoms with van der Waals surface area (Å²) in [6.45, 7) is -0.745. The van der Waals surface area contributed by atoms with Crippen molar-refractivity contribution in [3.8, 4) is 5.75 Å². The second kappa shape index (κ2) is 7.55.